The molecule has 27 heavy (non-hydrogen) atoms. The number of nitrogens with two attached hydrogens (primary N) is 1. The van der Waals surface area contributed by atoms with Crippen LogP contribution >= 0.6 is 11.3 Å². The molecular weight excluding hydrogens is 358 g/mol. The van der Waals surface area contributed by atoms with Gasteiger partial charge in [-0.05, 0) is 48.8 Å². The molecule has 4 rings (SSSR count). The molecule has 3 aromatic rings. The summed E-state index contributed by atoms with van der Waals surface area (Å²) in [6.45, 7) is 2.21. The summed E-state index contributed by atoms with van der Waals surface area (Å²) in [5.41, 5.74) is 9.37. The lowest BCUT2D eigenvalue weighted by atomic mass is 9.88. The van der Waals surface area contributed by atoms with Crippen molar-refractivity contribution in [2.24, 2.45) is 11.7 Å². The smallest absolute Gasteiger partial charge is 0.251 e. The van der Waals surface area contributed by atoms with E-state index in [-0.39, 0.29) is 5.91 Å². The van der Waals surface area contributed by atoms with Crippen LogP contribution in [0.3, 0.4) is 0 Å². The van der Waals surface area contributed by atoms with E-state index in [9.17, 15) is 9.59 Å². The molecule has 0 saturated carbocycles. The van der Waals surface area contributed by atoms with E-state index in [0.717, 1.165) is 41.3 Å². The van der Waals surface area contributed by atoms with Crippen molar-refractivity contribution in [3.8, 4) is 0 Å². The predicted molar refractivity (Wildman–Crippen MR) is 109 cm³/mol. The molecule has 0 fully saturated rings. The van der Waals surface area contributed by atoms with Crippen LogP contribution in [-0.2, 0) is 24.1 Å². The van der Waals surface area contributed by atoms with Crippen LogP contribution in [0.25, 0.3) is 10.9 Å². The minimum atomic E-state index is -0.450. The zero-order chi connectivity index (χ0) is 19.0. The molecule has 0 spiro atoms. The number of rotatable bonds is 5. The summed E-state index contributed by atoms with van der Waals surface area (Å²) in [7, 11) is 0. The number of primary amides is 1. The lowest BCUT2D eigenvalue weighted by molar-refractivity contribution is -0.116. The third-order valence-electron chi connectivity index (χ3n) is 5.31. The highest BCUT2D eigenvalue weighted by Gasteiger charge is 2.27. The largest absolute Gasteiger partial charge is 0.365 e. The average molecular weight is 382 g/mol. The minimum absolute atomic E-state index is 0.0885. The Labute approximate surface area is 162 Å². The number of para-hydroxylation sites is 1. The van der Waals surface area contributed by atoms with Crippen LogP contribution in [0.1, 0.15) is 46.1 Å². The van der Waals surface area contributed by atoms with Gasteiger partial charge in [0.15, 0.2) is 0 Å². The summed E-state index contributed by atoms with van der Waals surface area (Å²) >= 11 is 1.51. The molecule has 1 aliphatic rings. The number of aromatic amines is 1. The normalized spacial score (nSPS) is 16.3. The molecule has 2 amide bonds. The number of amides is 2. The predicted octanol–water partition coefficient (Wildman–Crippen LogP) is 4.02. The molecule has 0 bridgehead atoms. The van der Waals surface area contributed by atoms with Crippen molar-refractivity contribution in [2.45, 2.75) is 39.0 Å². The van der Waals surface area contributed by atoms with Crippen molar-refractivity contribution in [3.63, 3.8) is 0 Å². The minimum Gasteiger partial charge on any atom is -0.365 e. The van der Waals surface area contributed by atoms with Gasteiger partial charge in [-0.1, -0.05) is 25.1 Å². The van der Waals surface area contributed by atoms with Crippen LogP contribution in [0.2, 0.25) is 0 Å². The van der Waals surface area contributed by atoms with Crippen molar-refractivity contribution in [2.75, 3.05) is 5.32 Å². The molecule has 0 saturated heterocycles. The van der Waals surface area contributed by atoms with Gasteiger partial charge in [-0.15, -0.1) is 11.3 Å². The van der Waals surface area contributed by atoms with Gasteiger partial charge in [0.05, 0.1) is 5.56 Å². The fraction of sp³-hybridized carbons (Fsp3) is 0.333. The third kappa shape index (κ3) is 3.49. The summed E-state index contributed by atoms with van der Waals surface area (Å²) in [5.74, 6) is 0.0608. The monoisotopic (exact) mass is 381 g/mol. The van der Waals surface area contributed by atoms with E-state index < -0.39 is 5.91 Å². The SMILES string of the molecule is C[C@@H]1CCc2c(sc(NC(=O)CCc3c[nH]c4ccccc34)c2C(N)=O)C1. The summed E-state index contributed by atoms with van der Waals surface area (Å²) < 4.78 is 0. The number of carbonyl (C=O) groups is 2. The first-order valence-corrected chi connectivity index (χ1v) is 10.1. The highest BCUT2D eigenvalue weighted by Crippen LogP contribution is 2.39. The number of H-pyrrole nitrogens is 1. The number of hydrogen-bond donors (Lipinski definition) is 3. The number of fused-ring (bicyclic) bond motifs is 2. The van der Waals surface area contributed by atoms with Crippen LogP contribution in [0.5, 0.6) is 0 Å². The summed E-state index contributed by atoms with van der Waals surface area (Å²) in [6.07, 6.45) is 5.82. The van der Waals surface area contributed by atoms with Crippen LogP contribution in [0.4, 0.5) is 5.00 Å². The Morgan fingerprint density at radius 3 is 2.96 bits per heavy atom. The van der Waals surface area contributed by atoms with Crippen molar-refractivity contribution in [3.05, 3.63) is 52.0 Å². The molecule has 0 aliphatic heterocycles. The second-order valence-electron chi connectivity index (χ2n) is 7.33. The Hall–Kier alpha value is -2.60. The standard InChI is InChI=1S/C21H23N3O2S/c1-12-6-8-15-17(10-12)27-21(19(15)20(22)26)24-18(25)9-7-13-11-23-16-5-3-2-4-14(13)16/h2-5,11-12,23H,6-10H2,1H3,(H2,22,26)(H,24,25)/t12-/m1/s1. The van der Waals surface area contributed by atoms with Crippen LogP contribution in [-0.4, -0.2) is 16.8 Å². The van der Waals surface area contributed by atoms with Crippen LogP contribution < -0.4 is 11.1 Å². The van der Waals surface area contributed by atoms with E-state index in [1.54, 1.807) is 0 Å². The van der Waals surface area contributed by atoms with Gasteiger partial charge in [-0.2, -0.15) is 0 Å². The van der Waals surface area contributed by atoms with Crippen LogP contribution in [0.15, 0.2) is 30.5 Å². The summed E-state index contributed by atoms with van der Waals surface area (Å²) in [6, 6.07) is 8.06. The molecule has 2 aromatic heterocycles. The molecule has 4 N–H and O–H groups in total. The van der Waals surface area contributed by atoms with Gasteiger partial charge in [0.25, 0.3) is 5.91 Å². The second-order valence-corrected chi connectivity index (χ2v) is 8.43. The number of thiophene rings is 1. The molecule has 6 heteroatoms. The van der Waals surface area contributed by atoms with E-state index in [1.807, 2.05) is 24.4 Å². The van der Waals surface area contributed by atoms with Gasteiger partial charge >= 0.3 is 0 Å². The number of nitrogens with one attached hydrogen (secondary N) is 2. The van der Waals surface area contributed by atoms with Crippen LogP contribution in [0, 0.1) is 5.92 Å². The number of hydrogen-bond acceptors (Lipinski definition) is 3. The van der Waals surface area contributed by atoms with E-state index in [1.165, 1.54) is 16.2 Å². The highest BCUT2D eigenvalue weighted by atomic mass is 32.1. The van der Waals surface area contributed by atoms with Gasteiger partial charge in [0, 0.05) is 28.4 Å². The first-order valence-electron chi connectivity index (χ1n) is 9.32. The van der Waals surface area contributed by atoms with Crippen molar-refractivity contribution < 1.29 is 9.59 Å². The maximum Gasteiger partial charge on any atom is 0.251 e. The Bertz CT molecular complexity index is 1020. The molecule has 2 heterocycles. The number of carbonyl (C=O) groups excluding carboxylic acids is 2. The lowest BCUT2D eigenvalue weighted by Crippen LogP contribution is -2.19. The second kappa shape index (κ2) is 7.19. The van der Waals surface area contributed by atoms with Gasteiger partial charge in [0.2, 0.25) is 5.91 Å². The fourth-order valence-electron chi connectivity index (χ4n) is 3.88. The Morgan fingerprint density at radius 1 is 1.33 bits per heavy atom. The number of aromatic nitrogens is 1. The number of benzene rings is 1. The van der Waals surface area contributed by atoms with E-state index in [2.05, 4.69) is 23.3 Å². The lowest BCUT2D eigenvalue weighted by Gasteiger charge is -2.18. The quantitative estimate of drug-likeness (QED) is 0.623. The molecule has 1 atom stereocenters. The first-order chi connectivity index (χ1) is 13.0. The maximum absolute atomic E-state index is 12.5. The van der Waals surface area contributed by atoms with Gasteiger partial charge in [-0.25, -0.2) is 0 Å². The van der Waals surface area contributed by atoms with Crippen molar-refractivity contribution >= 4 is 39.1 Å². The van der Waals surface area contributed by atoms with Gasteiger partial charge in [-0.3, -0.25) is 9.59 Å². The van der Waals surface area contributed by atoms with E-state index >= 15 is 0 Å². The molecule has 140 valence electrons. The molecular formula is C21H23N3O2S. The van der Waals surface area contributed by atoms with E-state index in [0.29, 0.717) is 29.3 Å². The maximum atomic E-state index is 12.5. The van der Waals surface area contributed by atoms with Gasteiger partial charge in [0.1, 0.15) is 5.00 Å². The molecule has 1 aromatic carbocycles. The zero-order valence-corrected chi connectivity index (χ0v) is 16.1. The Morgan fingerprint density at radius 2 is 2.15 bits per heavy atom. The molecule has 5 nitrogen and oxygen atoms in total. The number of aryl methyl sites for hydroxylation is 1. The fourth-order valence-corrected chi connectivity index (χ4v) is 5.31. The van der Waals surface area contributed by atoms with E-state index in [4.69, 9.17) is 5.73 Å². The van der Waals surface area contributed by atoms with Gasteiger partial charge < -0.3 is 16.0 Å². The molecule has 1 aliphatic carbocycles. The van der Waals surface area contributed by atoms with Crippen molar-refractivity contribution in [1.82, 2.24) is 4.98 Å². The zero-order valence-electron chi connectivity index (χ0n) is 15.3. The third-order valence-corrected chi connectivity index (χ3v) is 6.48. The Kier molecular flexibility index (Phi) is 4.74. The molecule has 0 unspecified atom stereocenters. The Balaban J connectivity index is 1.49. The van der Waals surface area contributed by atoms with Crippen molar-refractivity contribution in [1.29, 1.82) is 0 Å². The summed E-state index contributed by atoms with van der Waals surface area (Å²) in [4.78, 5) is 28.9. The summed E-state index contributed by atoms with van der Waals surface area (Å²) in [5, 5.41) is 4.70. The molecule has 0 radical (unpaired) electrons. The highest BCUT2D eigenvalue weighted by molar-refractivity contribution is 7.17. The average Bonchev–Trinajstić information content (AvgIpc) is 3.20. The topological polar surface area (TPSA) is 88.0 Å². The first kappa shape index (κ1) is 17.8. The number of anilines is 1.